The maximum absolute atomic E-state index is 13.4. The smallest absolute Gasteiger partial charge is 0.265 e. The van der Waals surface area contributed by atoms with Crippen molar-refractivity contribution in [2.75, 3.05) is 26.2 Å². The first-order valence-electron chi connectivity index (χ1n) is 9.98. The van der Waals surface area contributed by atoms with Gasteiger partial charge in [-0.2, -0.15) is 0 Å². The van der Waals surface area contributed by atoms with Crippen LogP contribution in [0.15, 0.2) is 40.9 Å². The van der Waals surface area contributed by atoms with Gasteiger partial charge in [-0.05, 0) is 50.2 Å². The minimum atomic E-state index is -0.440. The zero-order valence-electron chi connectivity index (χ0n) is 16.2. The fourth-order valence-corrected chi connectivity index (χ4v) is 4.42. The molecule has 1 N–H and O–H groups in total. The van der Waals surface area contributed by atoms with E-state index in [0.29, 0.717) is 12.1 Å². The van der Waals surface area contributed by atoms with Gasteiger partial charge in [0.05, 0.1) is 16.8 Å². The molecular formula is C22H20FN3O4. The highest BCUT2D eigenvalue weighted by atomic mass is 19.1. The molecule has 2 aromatic carbocycles. The third-order valence-corrected chi connectivity index (χ3v) is 6.05. The number of piperidine rings is 1. The Labute approximate surface area is 171 Å². The number of carbonyl (C=O) groups is 2. The van der Waals surface area contributed by atoms with Gasteiger partial charge in [0, 0.05) is 30.5 Å². The Morgan fingerprint density at radius 1 is 1.10 bits per heavy atom. The molecule has 1 aromatic heterocycles. The standard InChI is InChI=1S/C22H20FN3O4/c23-14-4-5-15-18(12-14)30-24-20(15)13-6-8-25(9-7-13)10-11-26-21(28)16-2-1-3-17(27)19(16)22(26)29/h1-5,12-13,27H,6-11H2. The zero-order chi connectivity index (χ0) is 20.8. The van der Waals surface area contributed by atoms with Gasteiger partial charge in [-0.25, -0.2) is 4.39 Å². The monoisotopic (exact) mass is 409 g/mol. The second-order valence-electron chi connectivity index (χ2n) is 7.79. The highest BCUT2D eigenvalue weighted by molar-refractivity contribution is 6.22. The van der Waals surface area contributed by atoms with Crippen LogP contribution >= 0.6 is 0 Å². The molecule has 7 nitrogen and oxygen atoms in total. The summed E-state index contributed by atoms with van der Waals surface area (Å²) in [5.41, 5.74) is 1.67. The number of halogens is 1. The fraction of sp³-hybridized carbons (Fsp3) is 0.318. The first kappa shape index (κ1) is 18.7. The quantitative estimate of drug-likeness (QED) is 0.666. The molecule has 5 rings (SSSR count). The summed E-state index contributed by atoms with van der Waals surface area (Å²) in [6.45, 7) is 2.45. The molecule has 0 saturated carbocycles. The number of aromatic hydroxyl groups is 1. The number of hydrogen-bond donors (Lipinski definition) is 1. The van der Waals surface area contributed by atoms with E-state index < -0.39 is 5.91 Å². The summed E-state index contributed by atoms with van der Waals surface area (Å²) >= 11 is 0. The van der Waals surface area contributed by atoms with Crippen LogP contribution in [-0.2, 0) is 0 Å². The summed E-state index contributed by atoms with van der Waals surface area (Å²) in [6.07, 6.45) is 1.73. The summed E-state index contributed by atoms with van der Waals surface area (Å²) < 4.78 is 18.6. The minimum absolute atomic E-state index is 0.0931. The fourth-order valence-electron chi connectivity index (χ4n) is 4.42. The Morgan fingerprint density at radius 2 is 1.90 bits per heavy atom. The first-order valence-corrected chi connectivity index (χ1v) is 9.98. The van der Waals surface area contributed by atoms with E-state index in [1.54, 1.807) is 18.2 Å². The van der Waals surface area contributed by atoms with E-state index in [1.165, 1.54) is 23.1 Å². The van der Waals surface area contributed by atoms with Crippen LogP contribution < -0.4 is 0 Å². The number of nitrogens with zero attached hydrogens (tertiary/aromatic N) is 3. The van der Waals surface area contributed by atoms with Crippen molar-refractivity contribution in [1.29, 1.82) is 0 Å². The van der Waals surface area contributed by atoms with Crippen molar-refractivity contribution in [2.24, 2.45) is 0 Å². The predicted octanol–water partition coefficient (Wildman–Crippen LogP) is 3.15. The Hall–Kier alpha value is -3.26. The van der Waals surface area contributed by atoms with Gasteiger partial charge in [-0.3, -0.25) is 14.5 Å². The number of fused-ring (bicyclic) bond motifs is 2. The normalized spacial score (nSPS) is 17.8. The number of amides is 2. The molecule has 1 saturated heterocycles. The Bertz CT molecular complexity index is 1150. The van der Waals surface area contributed by atoms with E-state index in [2.05, 4.69) is 10.1 Å². The molecule has 1 fully saturated rings. The lowest BCUT2D eigenvalue weighted by Gasteiger charge is -2.32. The number of aromatic nitrogens is 1. The lowest BCUT2D eigenvalue weighted by atomic mass is 9.91. The third kappa shape index (κ3) is 3.04. The van der Waals surface area contributed by atoms with Crippen LogP contribution in [0.1, 0.15) is 45.2 Å². The highest BCUT2D eigenvalue weighted by Crippen LogP contribution is 2.33. The van der Waals surface area contributed by atoms with E-state index >= 15 is 0 Å². The van der Waals surface area contributed by atoms with Crippen molar-refractivity contribution in [3.05, 3.63) is 59.0 Å². The molecule has 2 aliphatic heterocycles. The first-order chi connectivity index (χ1) is 14.5. The molecule has 3 heterocycles. The molecule has 0 radical (unpaired) electrons. The topological polar surface area (TPSA) is 86.9 Å². The van der Waals surface area contributed by atoms with Gasteiger partial charge in [0.1, 0.15) is 11.6 Å². The van der Waals surface area contributed by atoms with Gasteiger partial charge in [0.25, 0.3) is 11.8 Å². The van der Waals surface area contributed by atoms with Gasteiger partial charge in [-0.15, -0.1) is 0 Å². The van der Waals surface area contributed by atoms with Gasteiger partial charge in [-0.1, -0.05) is 11.2 Å². The van der Waals surface area contributed by atoms with E-state index in [4.69, 9.17) is 4.52 Å². The number of phenols is 1. The predicted molar refractivity (Wildman–Crippen MR) is 106 cm³/mol. The molecule has 154 valence electrons. The van der Waals surface area contributed by atoms with Gasteiger partial charge < -0.3 is 14.5 Å². The Balaban J connectivity index is 1.21. The van der Waals surface area contributed by atoms with Crippen LogP contribution in [-0.4, -0.2) is 58.1 Å². The number of hydrogen-bond acceptors (Lipinski definition) is 6. The van der Waals surface area contributed by atoms with E-state index in [-0.39, 0.29) is 41.1 Å². The third-order valence-electron chi connectivity index (χ3n) is 6.05. The molecule has 0 atom stereocenters. The summed E-state index contributed by atoms with van der Waals surface area (Å²) in [6, 6.07) is 9.02. The van der Waals surface area contributed by atoms with Crippen LogP contribution in [0, 0.1) is 5.82 Å². The number of benzene rings is 2. The molecular weight excluding hydrogens is 389 g/mol. The van der Waals surface area contributed by atoms with Crippen molar-refractivity contribution in [3.8, 4) is 5.75 Å². The maximum Gasteiger partial charge on any atom is 0.265 e. The molecule has 8 heteroatoms. The number of carbonyl (C=O) groups excluding carboxylic acids is 2. The van der Waals surface area contributed by atoms with Crippen LogP contribution in [0.4, 0.5) is 4.39 Å². The van der Waals surface area contributed by atoms with E-state index in [1.807, 2.05) is 0 Å². The summed E-state index contributed by atoms with van der Waals surface area (Å²) in [4.78, 5) is 28.5. The Morgan fingerprint density at radius 3 is 2.67 bits per heavy atom. The highest BCUT2D eigenvalue weighted by Gasteiger charge is 2.37. The van der Waals surface area contributed by atoms with Gasteiger partial charge in [0.2, 0.25) is 0 Å². The molecule has 0 unspecified atom stereocenters. The molecule has 2 aliphatic rings. The van der Waals surface area contributed by atoms with Gasteiger partial charge >= 0.3 is 0 Å². The Kier molecular flexibility index (Phi) is 4.51. The van der Waals surface area contributed by atoms with Crippen molar-refractivity contribution < 1.29 is 23.6 Å². The number of imide groups is 1. The van der Waals surface area contributed by atoms with Gasteiger partial charge in [0.15, 0.2) is 5.58 Å². The summed E-state index contributed by atoms with van der Waals surface area (Å²) in [7, 11) is 0. The van der Waals surface area contributed by atoms with Crippen molar-refractivity contribution in [1.82, 2.24) is 15.0 Å². The molecule has 2 amide bonds. The summed E-state index contributed by atoms with van der Waals surface area (Å²) in [5, 5.41) is 14.9. The average Bonchev–Trinajstić information content (AvgIpc) is 3.26. The van der Waals surface area contributed by atoms with Crippen molar-refractivity contribution in [2.45, 2.75) is 18.8 Å². The van der Waals surface area contributed by atoms with Crippen LogP contribution in [0.2, 0.25) is 0 Å². The summed E-state index contributed by atoms with van der Waals surface area (Å²) in [5.74, 6) is -1.08. The minimum Gasteiger partial charge on any atom is -0.507 e. The average molecular weight is 409 g/mol. The van der Waals surface area contributed by atoms with Crippen molar-refractivity contribution in [3.63, 3.8) is 0 Å². The second kappa shape index (κ2) is 7.21. The molecule has 3 aromatic rings. The lowest BCUT2D eigenvalue weighted by molar-refractivity contribution is 0.0629. The van der Waals surface area contributed by atoms with E-state index in [9.17, 15) is 19.1 Å². The van der Waals surface area contributed by atoms with Crippen LogP contribution in [0.5, 0.6) is 5.75 Å². The number of rotatable bonds is 4. The largest absolute Gasteiger partial charge is 0.507 e. The molecule has 0 spiro atoms. The maximum atomic E-state index is 13.4. The van der Waals surface area contributed by atoms with Crippen molar-refractivity contribution >= 4 is 22.8 Å². The second-order valence-corrected chi connectivity index (χ2v) is 7.79. The van der Waals surface area contributed by atoms with Crippen LogP contribution in [0.3, 0.4) is 0 Å². The number of phenolic OH excluding ortho intramolecular Hbond substituents is 1. The SMILES string of the molecule is O=C1c2cccc(O)c2C(=O)N1CCN1CCC(c2noc3cc(F)ccc23)CC1. The molecule has 30 heavy (non-hydrogen) atoms. The lowest BCUT2D eigenvalue weighted by Crippen LogP contribution is -2.41. The number of likely N-dealkylation sites (tertiary alicyclic amines) is 1. The zero-order valence-corrected chi connectivity index (χ0v) is 16.2. The van der Waals surface area contributed by atoms with E-state index in [0.717, 1.165) is 37.0 Å². The van der Waals surface area contributed by atoms with Crippen LogP contribution in [0.25, 0.3) is 11.0 Å². The molecule has 0 bridgehead atoms. The molecule has 0 aliphatic carbocycles.